The van der Waals surface area contributed by atoms with E-state index in [2.05, 4.69) is 70.1 Å². The summed E-state index contributed by atoms with van der Waals surface area (Å²) in [7, 11) is 0. The quantitative estimate of drug-likeness (QED) is 0.772. The molecule has 0 aromatic heterocycles. The molecule has 2 aliphatic rings. The number of piperazine rings is 1. The van der Waals surface area contributed by atoms with E-state index in [4.69, 9.17) is 0 Å². The topological polar surface area (TPSA) is 9.72 Å². The second-order valence-corrected chi connectivity index (χ2v) is 11.1. The SMILES string of the molecule is CC(C)(C)CN1CCN(CC2CCN(C(C)(C)C)CC2)CC1(C)C. The van der Waals surface area contributed by atoms with Crippen LogP contribution in [0, 0.1) is 11.3 Å². The van der Waals surface area contributed by atoms with Gasteiger partial charge in [-0.05, 0) is 71.9 Å². The third-order valence-corrected chi connectivity index (χ3v) is 5.90. The van der Waals surface area contributed by atoms with Gasteiger partial charge in [0.25, 0.3) is 0 Å². The summed E-state index contributed by atoms with van der Waals surface area (Å²) in [5.41, 5.74) is 1.03. The van der Waals surface area contributed by atoms with Gasteiger partial charge in [-0.25, -0.2) is 0 Å². The summed E-state index contributed by atoms with van der Waals surface area (Å²) in [6, 6.07) is 0. The molecule has 142 valence electrons. The molecule has 0 saturated carbocycles. The predicted octanol–water partition coefficient (Wildman–Crippen LogP) is 3.94. The van der Waals surface area contributed by atoms with Crippen molar-refractivity contribution < 1.29 is 0 Å². The monoisotopic (exact) mass is 337 g/mol. The fourth-order valence-corrected chi connectivity index (χ4v) is 4.46. The van der Waals surface area contributed by atoms with Gasteiger partial charge in [0.05, 0.1) is 0 Å². The van der Waals surface area contributed by atoms with E-state index in [9.17, 15) is 0 Å². The third kappa shape index (κ3) is 5.71. The fraction of sp³-hybridized carbons (Fsp3) is 1.00. The van der Waals surface area contributed by atoms with E-state index in [1.807, 2.05) is 0 Å². The van der Waals surface area contributed by atoms with Crippen molar-refractivity contribution in [3.8, 4) is 0 Å². The van der Waals surface area contributed by atoms with Gasteiger partial charge in [-0.2, -0.15) is 0 Å². The van der Waals surface area contributed by atoms with E-state index in [1.165, 1.54) is 58.7 Å². The van der Waals surface area contributed by atoms with E-state index in [0.29, 0.717) is 16.5 Å². The van der Waals surface area contributed by atoms with Gasteiger partial charge < -0.3 is 0 Å². The minimum atomic E-state index is 0.303. The summed E-state index contributed by atoms with van der Waals surface area (Å²) < 4.78 is 0. The molecule has 0 aliphatic carbocycles. The first kappa shape index (κ1) is 20.2. The van der Waals surface area contributed by atoms with Crippen LogP contribution in [0.1, 0.15) is 68.2 Å². The Morgan fingerprint density at radius 2 is 1.46 bits per heavy atom. The van der Waals surface area contributed by atoms with Crippen LogP contribution in [0.4, 0.5) is 0 Å². The molecule has 3 heteroatoms. The molecular weight excluding hydrogens is 294 g/mol. The molecule has 2 rings (SSSR count). The van der Waals surface area contributed by atoms with Crippen molar-refractivity contribution in [1.82, 2.24) is 14.7 Å². The first-order valence-corrected chi connectivity index (χ1v) is 10.1. The molecule has 0 amide bonds. The molecule has 2 fully saturated rings. The largest absolute Gasteiger partial charge is 0.300 e. The zero-order valence-corrected chi connectivity index (χ0v) is 17.8. The Kier molecular flexibility index (Phi) is 6.10. The molecule has 0 unspecified atom stereocenters. The maximum absolute atomic E-state index is 2.75. The van der Waals surface area contributed by atoms with E-state index in [1.54, 1.807) is 0 Å². The zero-order valence-electron chi connectivity index (χ0n) is 17.8. The number of hydrogen-bond acceptors (Lipinski definition) is 3. The van der Waals surface area contributed by atoms with Crippen LogP contribution in [-0.2, 0) is 0 Å². The van der Waals surface area contributed by atoms with Crippen LogP contribution >= 0.6 is 0 Å². The molecule has 0 atom stereocenters. The molecule has 0 spiro atoms. The molecule has 2 aliphatic heterocycles. The maximum atomic E-state index is 2.75. The number of likely N-dealkylation sites (tertiary alicyclic amines) is 1. The summed E-state index contributed by atoms with van der Waals surface area (Å²) in [5, 5.41) is 0. The van der Waals surface area contributed by atoms with Crippen molar-refractivity contribution in [2.24, 2.45) is 11.3 Å². The van der Waals surface area contributed by atoms with Gasteiger partial charge >= 0.3 is 0 Å². The van der Waals surface area contributed by atoms with Crippen molar-refractivity contribution in [3.05, 3.63) is 0 Å². The average Bonchev–Trinajstić information content (AvgIpc) is 2.40. The van der Waals surface area contributed by atoms with Crippen molar-refractivity contribution in [3.63, 3.8) is 0 Å². The van der Waals surface area contributed by atoms with E-state index in [0.717, 1.165) is 5.92 Å². The molecule has 0 aromatic rings. The van der Waals surface area contributed by atoms with Gasteiger partial charge in [0.2, 0.25) is 0 Å². The van der Waals surface area contributed by atoms with Crippen molar-refractivity contribution in [1.29, 1.82) is 0 Å². The van der Waals surface area contributed by atoms with Crippen LogP contribution < -0.4 is 0 Å². The Bertz CT molecular complexity index is 394. The van der Waals surface area contributed by atoms with Crippen LogP contribution in [0.3, 0.4) is 0 Å². The number of hydrogen-bond donors (Lipinski definition) is 0. The van der Waals surface area contributed by atoms with Crippen LogP contribution in [-0.4, -0.2) is 71.6 Å². The summed E-state index contributed by atoms with van der Waals surface area (Å²) in [6.07, 6.45) is 2.75. The first-order chi connectivity index (χ1) is 10.9. The highest BCUT2D eigenvalue weighted by Gasteiger charge is 2.36. The highest BCUT2D eigenvalue weighted by atomic mass is 15.3. The van der Waals surface area contributed by atoms with Crippen LogP contribution in [0.25, 0.3) is 0 Å². The summed E-state index contributed by atoms with van der Waals surface area (Å²) >= 11 is 0. The highest BCUT2D eigenvalue weighted by Crippen LogP contribution is 2.29. The van der Waals surface area contributed by atoms with Crippen molar-refractivity contribution in [2.45, 2.75) is 79.3 Å². The second kappa shape index (κ2) is 7.25. The molecule has 2 heterocycles. The predicted molar refractivity (Wildman–Crippen MR) is 106 cm³/mol. The summed E-state index contributed by atoms with van der Waals surface area (Å²) in [4.78, 5) is 8.12. The lowest BCUT2D eigenvalue weighted by atomic mass is 9.89. The van der Waals surface area contributed by atoms with Crippen molar-refractivity contribution in [2.75, 3.05) is 45.8 Å². The highest BCUT2D eigenvalue weighted by molar-refractivity contribution is 4.93. The van der Waals surface area contributed by atoms with Gasteiger partial charge in [-0.15, -0.1) is 0 Å². The van der Waals surface area contributed by atoms with Gasteiger partial charge in [0.1, 0.15) is 0 Å². The molecule has 24 heavy (non-hydrogen) atoms. The Balaban J connectivity index is 1.82. The van der Waals surface area contributed by atoms with E-state index in [-0.39, 0.29) is 0 Å². The molecule has 0 bridgehead atoms. The number of rotatable bonds is 3. The summed E-state index contributed by atoms with van der Waals surface area (Å²) in [5.74, 6) is 0.897. The lowest BCUT2D eigenvalue weighted by Crippen LogP contribution is -2.61. The molecule has 0 aromatic carbocycles. The lowest BCUT2D eigenvalue weighted by molar-refractivity contribution is -0.0120. The Morgan fingerprint density at radius 1 is 0.875 bits per heavy atom. The number of piperidine rings is 1. The Labute approximate surface area is 151 Å². The zero-order chi connectivity index (χ0) is 18.2. The first-order valence-electron chi connectivity index (χ1n) is 10.1. The average molecular weight is 338 g/mol. The molecule has 0 radical (unpaired) electrons. The van der Waals surface area contributed by atoms with Gasteiger partial charge in [0.15, 0.2) is 0 Å². The molecule has 2 saturated heterocycles. The standard InChI is InChI=1S/C21H43N3/c1-19(2,3)16-24-14-13-22(17-21(24,7)8)15-18-9-11-23(12-10-18)20(4,5)6/h18H,9-17H2,1-8H3. The van der Waals surface area contributed by atoms with E-state index < -0.39 is 0 Å². The Morgan fingerprint density at radius 3 is 1.92 bits per heavy atom. The van der Waals surface area contributed by atoms with Crippen molar-refractivity contribution >= 4 is 0 Å². The fourth-order valence-electron chi connectivity index (χ4n) is 4.46. The van der Waals surface area contributed by atoms with Gasteiger partial charge in [0, 0.05) is 43.8 Å². The minimum absolute atomic E-state index is 0.303. The van der Waals surface area contributed by atoms with E-state index >= 15 is 0 Å². The van der Waals surface area contributed by atoms with Crippen LogP contribution in [0.2, 0.25) is 0 Å². The molecule has 3 nitrogen and oxygen atoms in total. The maximum Gasteiger partial charge on any atom is 0.0280 e. The van der Waals surface area contributed by atoms with Crippen LogP contribution in [0.15, 0.2) is 0 Å². The summed E-state index contributed by atoms with van der Waals surface area (Å²) in [6.45, 7) is 27.8. The van der Waals surface area contributed by atoms with Crippen LogP contribution in [0.5, 0.6) is 0 Å². The van der Waals surface area contributed by atoms with Gasteiger partial charge in [-0.3, -0.25) is 14.7 Å². The normalized spacial score (nSPS) is 26.0. The lowest BCUT2D eigenvalue weighted by Gasteiger charge is -2.50. The number of nitrogens with zero attached hydrogens (tertiary/aromatic N) is 3. The minimum Gasteiger partial charge on any atom is -0.300 e. The van der Waals surface area contributed by atoms with Gasteiger partial charge in [-0.1, -0.05) is 20.8 Å². The third-order valence-electron chi connectivity index (χ3n) is 5.90. The molecule has 0 N–H and O–H groups in total. The second-order valence-electron chi connectivity index (χ2n) is 11.1. The smallest absolute Gasteiger partial charge is 0.0280 e. The molecular formula is C21H43N3. The Hall–Kier alpha value is -0.120.